The van der Waals surface area contributed by atoms with E-state index >= 15 is 0 Å². The van der Waals surface area contributed by atoms with Crippen LogP contribution < -0.4 is 15.4 Å². The van der Waals surface area contributed by atoms with Crippen LogP contribution in [0.15, 0.2) is 60.1 Å². The summed E-state index contributed by atoms with van der Waals surface area (Å²) in [6.45, 7) is 4.03. The molecule has 1 unspecified atom stereocenters. The maximum absolute atomic E-state index is 12.2. The van der Waals surface area contributed by atoms with Crippen LogP contribution >= 0.6 is 11.3 Å². The van der Waals surface area contributed by atoms with Crippen molar-refractivity contribution in [2.24, 2.45) is 0 Å². The zero-order valence-corrected chi connectivity index (χ0v) is 15.5. The molecule has 0 aliphatic rings. The first-order valence-corrected chi connectivity index (χ1v) is 9.33. The van der Waals surface area contributed by atoms with Crippen molar-refractivity contribution in [2.45, 2.75) is 26.3 Å². The predicted octanol–water partition coefficient (Wildman–Crippen LogP) is 5.52. The van der Waals surface area contributed by atoms with Crippen LogP contribution in [0.1, 0.15) is 29.8 Å². The number of pyridine rings is 1. The lowest BCUT2D eigenvalue weighted by Crippen LogP contribution is -2.31. The molecule has 26 heavy (non-hydrogen) atoms. The van der Waals surface area contributed by atoms with Gasteiger partial charge in [0.2, 0.25) is 5.88 Å². The number of urea groups is 1. The fourth-order valence-corrected chi connectivity index (χ4v) is 3.29. The van der Waals surface area contributed by atoms with Gasteiger partial charge in [0.1, 0.15) is 5.75 Å². The van der Waals surface area contributed by atoms with Crippen molar-refractivity contribution in [3.8, 4) is 11.6 Å². The Hall–Kier alpha value is -2.86. The van der Waals surface area contributed by atoms with E-state index < -0.39 is 0 Å². The molecule has 2 N–H and O–H groups in total. The summed E-state index contributed by atoms with van der Waals surface area (Å²) in [5, 5.41) is 7.86. The molecule has 0 radical (unpaired) electrons. The topological polar surface area (TPSA) is 63.2 Å². The number of hydrogen-bond acceptors (Lipinski definition) is 4. The summed E-state index contributed by atoms with van der Waals surface area (Å²) in [7, 11) is 0. The summed E-state index contributed by atoms with van der Waals surface area (Å²) in [6.07, 6.45) is 2.59. The number of aryl methyl sites for hydroxylation is 1. The number of nitrogens with one attached hydrogen (secondary N) is 2. The van der Waals surface area contributed by atoms with Crippen molar-refractivity contribution in [1.29, 1.82) is 0 Å². The molecule has 134 valence electrons. The number of thiophene rings is 1. The molecule has 0 aliphatic heterocycles. The molecule has 0 spiro atoms. The number of carbonyl (C=O) groups excluding carboxylic acids is 1. The number of anilines is 1. The Morgan fingerprint density at radius 3 is 2.62 bits per heavy atom. The molecule has 2 heterocycles. The smallest absolute Gasteiger partial charge is 0.319 e. The Morgan fingerprint density at radius 1 is 1.19 bits per heavy atom. The number of benzene rings is 1. The van der Waals surface area contributed by atoms with Gasteiger partial charge >= 0.3 is 6.03 Å². The molecule has 2 amide bonds. The summed E-state index contributed by atoms with van der Waals surface area (Å²) in [6, 6.07) is 14.8. The highest BCUT2D eigenvalue weighted by atomic mass is 32.1. The third-order valence-corrected chi connectivity index (χ3v) is 4.81. The first-order valence-electron chi connectivity index (χ1n) is 8.45. The quantitative estimate of drug-likeness (QED) is 0.603. The Bertz CT molecular complexity index is 831. The number of aromatic nitrogens is 1. The average Bonchev–Trinajstić information content (AvgIpc) is 3.18. The summed E-state index contributed by atoms with van der Waals surface area (Å²) < 4.78 is 5.69. The second-order valence-electron chi connectivity index (χ2n) is 5.87. The maximum atomic E-state index is 12.2. The van der Waals surface area contributed by atoms with E-state index in [1.807, 2.05) is 36.6 Å². The predicted molar refractivity (Wildman–Crippen MR) is 105 cm³/mol. The number of hydrogen-bond donors (Lipinski definition) is 2. The van der Waals surface area contributed by atoms with E-state index in [0.29, 0.717) is 17.3 Å². The standard InChI is InChI=1S/C20H21N3O2S/c1-3-17(18-5-4-12-26-18)23-20(24)22-15-7-9-16(10-8-15)25-19-11-6-14(2)13-21-19/h4-13,17H,3H2,1-2H3,(H2,22,23,24). The lowest BCUT2D eigenvalue weighted by Gasteiger charge is -2.16. The van der Waals surface area contributed by atoms with E-state index in [9.17, 15) is 4.79 Å². The van der Waals surface area contributed by atoms with Crippen LogP contribution in [-0.4, -0.2) is 11.0 Å². The van der Waals surface area contributed by atoms with Crippen LogP contribution in [0, 0.1) is 6.92 Å². The van der Waals surface area contributed by atoms with Gasteiger partial charge in [0.25, 0.3) is 0 Å². The zero-order chi connectivity index (χ0) is 18.4. The second kappa shape index (κ2) is 8.49. The van der Waals surface area contributed by atoms with Crippen molar-refractivity contribution in [3.05, 3.63) is 70.5 Å². The largest absolute Gasteiger partial charge is 0.439 e. The molecule has 0 bridgehead atoms. The minimum absolute atomic E-state index is 0.0187. The van der Waals surface area contributed by atoms with Crippen molar-refractivity contribution in [3.63, 3.8) is 0 Å². The minimum atomic E-state index is -0.223. The van der Waals surface area contributed by atoms with Crippen molar-refractivity contribution in [2.75, 3.05) is 5.32 Å². The van der Waals surface area contributed by atoms with Gasteiger partial charge in [-0.25, -0.2) is 9.78 Å². The molecule has 1 aromatic carbocycles. The molecule has 1 atom stereocenters. The van der Waals surface area contributed by atoms with Gasteiger partial charge in [0.05, 0.1) is 6.04 Å². The molecule has 0 fully saturated rings. The maximum Gasteiger partial charge on any atom is 0.319 e. The lowest BCUT2D eigenvalue weighted by molar-refractivity contribution is 0.248. The van der Waals surface area contributed by atoms with Gasteiger partial charge in [-0.1, -0.05) is 19.1 Å². The zero-order valence-electron chi connectivity index (χ0n) is 14.7. The summed E-state index contributed by atoms with van der Waals surface area (Å²) in [5.74, 6) is 1.20. The minimum Gasteiger partial charge on any atom is -0.439 e. The molecule has 3 rings (SSSR count). The Kier molecular flexibility index (Phi) is 5.86. The highest BCUT2D eigenvalue weighted by Crippen LogP contribution is 2.23. The van der Waals surface area contributed by atoms with E-state index in [1.165, 1.54) is 0 Å². The van der Waals surface area contributed by atoms with E-state index in [1.54, 1.807) is 41.8 Å². The van der Waals surface area contributed by atoms with Crippen molar-refractivity contribution >= 4 is 23.1 Å². The van der Waals surface area contributed by atoms with E-state index in [0.717, 1.165) is 16.9 Å². The number of amides is 2. The molecular formula is C20H21N3O2S. The number of rotatable bonds is 6. The second-order valence-corrected chi connectivity index (χ2v) is 6.85. The highest BCUT2D eigenvalue weighted by molar-refractivity contribution is 7.10. The van der Waals surface area contributed by atoms with Gasteiger partial charge in [-0.15, -0.1) is 11.3 Å². The van der Waals surface area contributed by atoms with Gasteiger partial charge < -0.3 is 15.4 Å². The number of ether oxygens (including phenoxy) is 1. The summed E-state index contributed by atoms with van der Waals surface area (Å²) >= 11 is 1.64. The van der Waals surface area contributed by atoms with E-state index in [2.05, 4.69) is 22.5 Å². The van der Waals surface area contributed by atoms with Crippen molar-refractivity contribution in [1.82, 2.24) is 10.3 Å². The van der Waals surface area contributed by atoms with Crippen LogP contribution in [-0.2, 0) is 0 Å². The lowest BCUT2D eigenvalue weighted by atomic mass is 10.2. The van der Waals surface area contributed by atoms with Crippen LogP contribution in [0.2, 0.25) is 0 Å². The average molecular weight is 367 g/mol. The van der Waals surface area contributed by atoms with Crippen LogP contribution in [0.4, 0.5) is 10.5 Å². The van der Waals surface area contributed by atoms with Crippen LogP contribution in [0.3, 0.4) is 0 Å². The monoisotopic (exact) mass is 367 g/mol. The Balaban J connectivity index is 1.56. The van der Waals surface area contributed by atoms with Crippen LogP contribution in [0.5, 0.6) is 11.6 Å². The van der Waals surface area contributed by atoms with Crippen molar-refractivity contribution < 1.29 is 9.53 Å². The fourth-order valence-electron chi connectivity index (χ4n) is 2.43. The third-order valence-electron chi connectivity index (χ3n) is 3.82. The van der Waals surface area contributed by atoms with Gasteiger partial charge in [-0.05, 0) is 54.6 Å². The molecule has 2 aromatic heterocycles. The molecule has 0 saturated heterocycles. The molecule has 0 saturated carbocycles. The molecule has 0 aliphatic carbocycles. The fraction of sp³-hybridized carbons (Fsp3) is 0.200. The SMILES string of the molecule is CCC(NC(=O)Nc1ccc(Oc2ccc(C)cn2)cc1)c1cccs1. The Morgan fingerprint density at radius 2 is 2.00 bits per heavy atom. The number of carbonyl (C=O) groups is 1. The molecule has 6 heteroatoms. The normalized spacial score (nSPS) is 11.6. The van der Waals surface area contributed by atoms with Gasteiger partial charge in [0.15, 0.2) is 0 Å². The first kappa shape index (κ1) is 17.9. The molecular weight excluding hydrogens is 346 g/mol. The third kappa shape index (κ3) is 4.83. The first-order chi connectivity index (χ1) is 12.6. The highest BCUT2D eigenvalue weighted by Gasteiger charge is 2.13. The summed E-state index contributed by atoms with van der Waals surface area (Å²) in [4.78, 5) is 17.6. The van der Waals surface area contributed by atoms with Crippen LogP contribution in [0.25, 0.3) is 0 Å². The van der Waals surface area contributed by atoms with E-state index in [4.69, 9.17) is 4.74 Å². The van der Waals surface area contributed by atoms with Gasteiger partial charge in [0, 0.05) is 22.8 Å². The van der Waals surface area contributed by atoms with E-state index in [-0.39, 0.29) is 12.1 Å². The molecule has 3 aromatic rings. The van der Waals surface area contributed by atoms with Gasteiger partial charge in [-0.3, -0.25) is 0 Å². The number of nitrogens with zero attached hydrogens (tertiary/aromatic N) is 1. The summed E-state index contributed by atoms with van der Waals surface area (Å²) in [5.41, 5.74) is 1.78. The van der Waals surface area contributed by atoms with Gasteiger partial charge in [-0.2, -0.15) is 0 Å². The molecule has 5 nitrogen and oxygen atoms in total. The Labute approximate surface area is 157 Å².